The van der Waals surface area contributed by atoms with Crippen LogP contribution in [0, 0.1) is 0 Å². The summed E-state index contributed by atoms with van der Waals surface area (Å²) in [6.07, 6.45) is 4.32. The fourth-order valence-electron chi connectivity index (χ4n) is 1.63. The lowest BCUT2D eigenvalue weighted by Crippen LogP contribution is -2.23. The first kappa shape index (κ1) is 13.7. The molecular weight excluding hydrogens is 308 g/mol. The molecular formula is C12H15BrN6. The van der Waals surface area contributed by atoms with E-state index in [-0.39, 0.29) is 0 Å². The zero-order valence-corrected chi connectivity index (χ0v) is 12.1. The van der Waals surface area contributed by atoms with E-state index in [2.05, 4.69) is 36.3 Å². The molecule has 3 N–H and O–H groups in total. The molecule has 2 aromatic rings. The van der Waals surface area contributed by atoms with Crippen LogP contribution in [0.25, 0.3) is 0 Å². The number of nitrogen functional groups attached to an aromatic ring is 1. The Morgan fingerprint density at radius 1 is 1.37 bits per heavy atom. The summed E-state index contributed by atoms with van der Waals surface area (Å²) in [5.41, 5.74) is 3.49. The summed E-state index contributed by atoms with van der Waals surface area (Å²) in [6.45, 7) is 0.802. The summed E-state index contributed by atoms with van der Waals surface area (Å²) in [4.78, 5) is 14.7. The molecule has 0 saturated heterocycles. The summed E-state index contributed by atoms with van der Waals surface area (Å²) < 4.78 is 0.829. The molecule has 0 fully saturated rings. The molecule has 0 atom stereocenters. The van der Waals surface area contributed by atoms with Crippen LogP contribution in [-0.4, -0.2) is 28.5 Å². The number of halogens is 1. The van der Waals surface area contributed by atoms with E-state index < -0.39 is 0 Å². The van der Waals surface area contributed by atoms with Gasteiger partial charge in [-0.1, -0.05) is 6.07 Å². The molecule has 19 heavy (non-hydrogen) atoms. The highest BCUT2D eigenvalue weighted by Crippen LogP contribution is 2.23. The van der Waals surface area contributed by atoms with Gasteiger partial charge in [-0.3, -0.25) is 10.4 Å². The first-order valence-electron chi connectivity index (χ1n) is 5.81. The predicted molar refractivity (Wildman–Crippen MR) is 78.8 cm³/mol. The molecule has 6 nitrogen and oxygen atoms in total. The molecule has 2 aromatic heterocycles. The van der Waals surface area contributed by atoms with Crippen LogP contribution in [0.1, 0.15) is 5.69 Å². The van der Waals surface area contributed by atoms with Crippen molar-refractivity contribution in [2.45, 2.75) is 6.42 Å². The van der Waals surface area contributed by atoms with E-state index in [0.29, 0.717) is 5.95 Å². The zero-order valence-electron chi connectivity index (χ0n) is 10.5. The first-order valence-corrected chi connectivity index (χ1v) is 6.60. The number of nitrogens with zero attached hydrogens (tertiary/aromatic N) is 4. The summed E-state index contributed by atoms with van der Waals surface area (Å²) in [5, 5.41) is 0. The Morgan fingerprint density at radius 2 is 2.21 bits per heavy atom. The number of aromatic nitrogens is 3. The molecule has 0 aliphatic rings. The molecule has 7 heteroatoms. The normalized spacial score (nSPS) is 10.3. The fourth-order valence-corrected chi connectivity index (χ4v) is 2.12. The molecule has 0 bridgehead atoms. The Bertz CT molecular complexity index is 533. The Morgan fingerprint density at radius 3 is 2.89 bits per heavy atom. The van der Waals surface area contributed by atoms with Crippen molar-refractivity contribution in [2.24, 2.45) is 5.84 Å². The van der Waals surface area contributed by atoms with Gasteiger partial charge in [0.05, 0.1) is 4.47 Å². The smallest absolute Gasteiger partial charge is 0.239 e. The van der Waals surface area contributed by atoms with E-state index >= 15 is 0 Å². The van der Waals surface area contributed by atoms with Crippen LogP contribution in [0.15, 0.2) is 35.1 Å². The highest BCUT2D eigenvalue weighted by atomic mass is 79.9. The predicted octanol–water partition coefficient (Wildman–Crippen LogP) is 1.60. The molecule has 0 aliphatic carbocycles. The molecule has 0 aliphatic heterocycles. The van der Waals surface area contributed by atoms with Crippen molar-refractivity contribution in [2.75, 3.05) is 23.9 Å². The van der Waals surface area contributed by atoms with Crippen LogP contribution in [0.3, 0.4) is 0 Å². The standard InChI is InChI=1S/C12H15BrN6/c1-19(7-5-9-4-2-3-6-15-9)11-10(13)8-16-12(17-11)18-14/h2-4,6,8H,5,7,14H2,1H3,(H,16,17,18). The second-order valence-electron chi connectivity index (χ2n) is 4.00. The van der Waals surface area contributed by atoms with Gasteiger partial charge in [0.1, 0.15) is 5.82 Å². The van der Waals surface area contributed by atoms with E-state index in [1.54, 1.807) is 12.4 Å². The van der Waals surface area contributed by atoms with Gasteiger partial charge in [-0.05, 0) is 28.1 Å². The highest BCUT2D eigenvalue weighted by Gasteiger charge is 2.09. The number of rotatable bonds is 5. The van der Waals surface area contributed by atoms with Crippen molar-refractivity contribution in [1.29, 1.82) is 0 Å². The first-order chi connectivity index (χ1) is 9.20. The molecule has 2 rings (SSSR count). The highest BCUT2D eigenvalue weighted by molar-refractivity contribution is 9.10. The minimum atomic E-state index is 0.392. The fraction of sp³-hybridized carbons (Fsp3) is 0.250. The molecule has 0 radical (unpaired) electrons. The van der Waals surface area contributed by atoms with Crippen molar-refractivity contribution in [3.8, 4) is 0 Å². The molecule has 0 aromatic carbocycles. The van der Waals surface area contributed by atoms with Crippen LogP contribution >= 0.6 is 15.9 Å². The SMILES string of the molecule is CN(CCc1ccccn1)c1nc(NN)ncc1Br. The van der Waals surface area contributed by atoms with Crippen LogP contribution < -0.4 is 16.2 Å². The summed E-state index contributed by atoms with van der Waals surface area (Å²) in [6, 6.07) is 5.91. The lowest BCUT2D eigenvalue weighted by atomic mass is 10.2. The number of hydrazine groups is 1. The number of hydrogen-bond acceptors (Lipinski definition) is 6. The van der Waals surface area contributed by atoms with Crippen molar-refractivity contribution in [1.82, 2.24) is 15.0 Å². The van der Waals surface area contributed by atoms with Crippen molar-refractivity contribution in [3.63, 3.8) is 0 Å². The Balaban J connectivity index is 2.05. The average Bonchev–Trinajstić information content (AvgIpc) is 2.46. The number of hydrogen-bond donors (Lipinski definition) is 2. The van der Waals surface area contributed by atoms with Crippen LogP contribution in [0.5, 0.6) is 0 Å². The van der Waals surface area contributed by atoms with Gasteiger partial charge < -0.3 is 4.90 Å². The summed E-state index contributed by atoms with van der Waals surface area (Å²) in [7, 11) is 1.97. The van der Waals surface area contributed by atoms with E-state index in [4.69, 9.17) is 5.84 Å². The van der Waals surface area contributed by atoms with Gasteiger partial charge in [-0.15, -0.1) is 0 Å². The van der Waals surface area contributed by atoms with E-state index in [9.17, 15) is 0 Å². The van der Waals surface area contributed by atoms with Gasteiger partial charge in [0.25, 0.3) is 0 Å². The van der Waals surface area contributed by atoms with Gasteiger partial charge in [0.15, 0.2) is 0 Å². The van der Waals surface area contributed by atoms with Crippen molar-refractivity contribution < 1.29 is 0 Å². The summed E-state index contributed by atoms with van der Waals surface area (Å²) in [5.74, 6) is 6.50. The monoisotopic (exact) mass is 322 g/mol. The van der Waals surface area contributed by atoms with Crippen molar-refractivity contribution >= 4 is 27.7 Å². The summed E-state index contributed by atoms with van der Waals surface area (Å²) >= 11 is 3.44. The largest absolute Gasteiger partial charge is 0.358 e. The third kappa shape index (κ3) is 3.62. The Labute approximate surface area is 120 Å². The quantitative estimate of drug-likeness (QED) is 0.643. The number of nitrogens with one attached hydrogen (secondary N) is 1. The van der Waals surface area contributed by atoms with Gasteiger partial charge in [0, 0.05) is 38.1 Å². The number of likely N-dealkylation sites (N-methyl/N-ethyl adjacent to an activating group) is 1. The minimum absolute atomic E-state index is 0.392. The zero-order chi connectivity index (χ0) is 13.7. The van der Waals surface area contributed by atoms with Gasteiger partial charge >= 0.3 is 0 Å². The van der Waals surface area contributed by atoms with E-state index in [0.717, 1.165) is 29.0 Å². The minimum Gasteiger partial charge on any atom is -0.358 e. The molecule has 100 valence electrons. The molecule has 0 amide bonds. The lowest BCUT2D eigenvalue weighted by Gasteiger charge is -2.19. The second-order valence-corrected chi connectivity index (χ2v) is 4.86. The van der Waals surface area contributed by atoms with Crippen molar-refractivity contribution in [3.05, 3.63) is 40.8 Å². The lowest BCUT2D eigenvalue weighted by molar-refractivity contribution is 0.833. The number of pyridine rings is 1. The molecule has 2 heterocycles. The van der Waals surface area contributed by atoms with Gasteiger partial charge in [-0.25, -0.2) is 10.8 Å². The maximum atomic E-state index is 5.32. The molecule has 0 unspecified atom stereocenters. The van der Waals surface area contributed by atoms with Crippen LogP contribution in [0.2, 0.25) is 0 Å². The maximum absolute atomic E-state index is 5.32. The van der Waals surface area contributed by atoms with E-state index in [1.165, 1.54) is 0 Å². The third-order valence-corrected chi connectivity index (χ3v) is 3.21. The van der Waals surface area contributed by atoms with Crippen LogP contribution in [-0.2, 0) is 6.42 Å². The third-order valence-electron chi connectivity index (χ3n) is 2.65. The molecule has 0 spiro atoms. The Hall–Kier alpha value is -1.73. The second kappa shape index (κ2) is 6.44. The molecule has 0 saturated carbocycles. The average molecular weight is 323 g/mol. The van der Waals surface area contributed by atoms with E-state index in [1.807, 2.05) is 30.1 Å². The van der Waals surface area contributed by atoms with Crippen LogP contribution in [0.4, 0.5) is 11.8 Å². The number of nitrogens with two attached hydrogens (primary N) is 1. The topological polar surface area (TPSA) is 80.0 Å². The number of anilines is 2. The Kier molecular flexibility index (Phi) is 4.64. The van der Waals surface area contributed by atoms with Gasteiger partial charge in [0.2, 0.25) is 5.95 Å². The maximum Gasteiger partial charge on any atom is 0.239 e. The van der Waals surface area contributed by atoms with Gasteiger partial charge in [-0.2, -0.15) is 4.98 Å².